The van der Waals surface area contributed by atoms with E-state index in [1.165, 1.54) is 32.4 Å². The van der Waals surface area contributed by atoms with Crippen LogP contribution in [-0.4, -0.2) is 101 Å². The predicted molar refractivity (Wildman–Crippen MR) is 170 cm³/mol. The van der Waals surface area contributed by atoms with Gasteiger partial charge in [0.2, 0.25) is 5.91 Å². The van der Waals surface area contributed by atoms with E-state index >= 15 is 0 Å². The Morgan fingerprint density at radius 1 is 0.976 bits per heavy atom. The number of aromatic nitrogens is 2. The molecule has 3 aliphatic rings. The van der Waals surface area contributed by atoms with Gasteiger partial charge in [0.15, 0.2) is 0 Å². The quantitative estimate of drug-likeness (QED) is 0.415. The number of urea groups is 1. The Balaban J connectivity index is 1.13. The van der Waals surface area contributed by atoms with Crippen LogP contribution >= 0.6 is 15.9 Å². The van der Waals surface area contributed by atoms with Crippen molar-refractivity contribution in [3.05, 3.63) is 58.2 Å². The van der Waals surface area contributed by atoms with Crippen LogP contribution in [0.2, 0.25) is 0 Å². The largest absolute Gasteiger partial charge is 0.367 e. The first kappa shape index (κ1) is 29.0. The maximum atomic E-state index is 14.0. The van der Waals surface area contributed by atoms with Crippen molar-refractivity contribution in [2.75, 3.05) is 57.3 Å². The molecule has 42 heavy (non-hydrogen) atoms. The van der Waals surface area contributed by atoms with Crippen molar-refractivity contribution in [1.29, 1.82) is 0 Å². The highest BCUT2D eigenvalue weighted by Crippen LogP contribution is 2.27. The average Bonchev–Trinajstić information content (AvgIpc) is 3.51. The van der Waals surface area contributed by atoms with Crippen molar-refractivity contribution < 1.29 is 9.59 Å². The summed E-state index contributed by atoms with van der Waals surface area (Å²) in [6.45, 7) is 8.61. The van der Waals surface area contributed by atoms with Gasteiger partial charge in [-0.2, -0.15) is 5.10 Å². The number of benzene rings is 2. The number of anilines is 1. The lowest BCUT2D eigenvalue weighted by Gasteiger charge is -2.41. The number of H-pyrrole nitrogens is 1. The van der Waals surface area contributed by atoms with Crippen LogP contribution in [0.5, 0.6) is 0 Å². The zero-order chi connectivity index (χ0) is 29.1. The van der Waals surface area contributed by atoms with Crippen LogP contribution < -0.4 is 10.2 Å². The van der Waals surface area contributed by atoms with Gasteiger partial charge in [0.25, 0.3) is 0 Å². The van der Waals surface area contributed by atoms with Gasteiger partial charge in [-0.1, -0.05) is 24.6 Å². The Hall–Kier alpha value is -3.11. The topological polar surface area (TPSA) is 87.8 Å². The number of rotatable bonds is 6. The number of aromatic amines is 1. The van der Waals surface area contributed by atoms with E-state index < -0.39 is 6.04 Å². The molecule has 10 heteroatoms. The minimum atomic E-state index is -0.617. The molecule has 3 fully saturated rings. The van der Waals surface area contributed by atoms with Gasteiger partial charge in [-0.05, 0) is 91.0 Å². The molecule has 3 amide bonds. The fourth-order valence-corrected chi connectivity index (χ4v) is 7.46. The van der Waals surface area contributed by atoms with Gasteiger partial charge in [0.1, 0.15) is 6.04 Å². The molecule has 0 unspecified atom stereocenters. The SMILES string of the molecule is Cc1cc(C[C@@H](NC(=O)N2CCN(c3ccccc3Br)CC2)C(=O)N2CCC(N3CCCCC3)CC2)cc2cn[nH]c12. The Labute approximate surface area is 256 Å². The van der Waals surface area contributed by atoms with Crippen molar-refractivity contribution in [3.63, 3.8) is 0 Å². The highest BCUT2D eigenvalue weighted by molar-refractivity contribution is 9.10. The normalized spacial score (nSPS) is 19.7. The van der Waals surface area contributed by atoms with E-state index in [-0.39, 0.29) is 11.9 Å². The van der Waals surface area contributed by atoms with E-state index in [2.05, 4.69) is 66.4 Å². The molecule has 0 aliphatic carbocycles. The molecule has 3 saturated heterocycles. The molecule has 224 valence electrons. The smallest absolute Gasteiger partial charge is 0.318 e. The maximum absolute atomic E-state index is 14.0. The van der Waals surface area contributed by atoms with Crippen LogP contribution in [0.15, 0.2) is 47.1 Å². The lowest BCUT2D eigenvalue weighted by molar-refractivity contribution is -0.134. The van der Waals surface area contributed by atoms with Gasteiger partial charge in [0.05, 0.1) is 17.4 Å². The third kappa shape index (κ3) is 6.44. The number of likely N-dealkylation sites (tertiary alicyclic amines) is 2. The van der Waals surface area contributed by atoms with Crippen LogP contribution in [0, 0.1) is 6.92 Å². The highest BCUT2D eigenvalue weighted by Gasteiger charge is 2.33. The second-order valence-corrected chi connectivity index (χ2v) is 12.9. The summed E-state index contributed by atoms with van der Waals surface area (Å²) in [6, 6.07) is 12.2. The lowest BCUT2D eigenvalue weighted by atomic mass is 9.97. The number of amides is 3. The zero-order valence-corrected chi connectivity index (χ0v) is 26.1. The van der Waals surface area contributed by atoms with Gasteiger partial charge in [-0.25, -0.2) is 4.79 Å². The van der Waals surface area contributed by atoms with Crippen LogP contribution in [0.25, 0.3) is 10.9 Å². The average molecular weight is 637 g/mol. The third-order valence-electron chi connectivity index (χ3n) is 9.28. The van der Waals surface area contributed by atoms with Crippen molar-refractivity contribution in [2.24, 2.45) is 0 Å². The monoisotopic (exact) mass is 635 g/mol. The van der Waals surface area contributed by atoms with E-state index in [0.717, 1.165) is 71.2 Å². The summed E-state index contributed by atoms with van der Waals surface area (Å²) >= 11 is 3.65. The molecule has 1 atom stereocenters. The van der Waals surface area contributed by atoms with Gasteiger partial charge in [0, 0.05) is 61.6 Å². The molecule has 3 aromatic rings. The number of halogens is 1. The Morgan fingerprint density at radius 3 is 2.45 bits per heavy atom. The summed E-state index contributed by atoms with van der Waals surface area (Å²) in [7, 11) is 0. The van der Waals surface area contributed by atoms with Crippen LogP contribution in [0.3, 0.4) is 0 Å². The zero-order valence-electron chi connectivity index (χ0n) is 24.5. The molecular weight excluding hydrogens is 594 g/mol. The molecular formula is C32H42BrN7O2. The van der Waals surface area contributed by atoms with Crippen molar-refractivity contribution in [2.45, 2.75) is 57.5 Å². The molecule has 0 saturated carbocycles. The van der Waals surface area contributed by atoms with Gasteiger partial charge in [-0.3, -0.25) is 9.89 Å². The van der Waals surface area contributed by atoms with E-state index in [0.29, 0.717) is 25.6 Å². The standard InChI is InChI=1S/C32H42BrN7O2/c1-23-19-24(20-25-22-34-36-30(23)25)21-28(31(41)39-13-9-26(10-14-39)37-11-5-2-6-12-37)35-32(42)40-17-15-38(16-18-40)29-8-4-3-7-27(29)33/h3-4,7-8,19-20,22,26,28H,2,5-6,9-18,21H2,1H3,(H,34,36)(H,35,42)/t28-/m1/s1. The molecule has 4 heterocycles. The number of fused-ring (bicyclic) bond motifs is 1. The number of piperidine rings is 2. The second-order valence-electron chi connectivity index (χ2n) is 12.0. The fourth-order valence-electron chi connectivity index (χ4n) is 6.92. The van der Waals surface area contributed by atoms with Crippen LogP contribution in [-0.2, 0) is 11.2 Å². The minimum Gasteiger partial charge on any atom is -0.367 e. The summed E-state index contributed by atoms with van der Waals surface area (Å²) in [5.74, 6) is 0.0252. The van der Waals surface area contributed by atoms with Gasteiger partial charge < -0.3 is 24.9 Å². The molecule has 0 radical (unpaired) electrons. The van der Waals surface area contributed by atoms with Crippen molar-refractivity contribution in [1.82, 2.24) is 30.2 Å². The summed E-state index contributed by atoms with van der Waals surface area (Å²) in [5.41, 5.74) is 4.27. The summed E-state index contributed by atoms with van der Waals surface area (Å²) in [5, 5.41) is 11.4. The van der Waals surface area contributed by atoms with Crippen molar-refractivity contribution >= 4 is 44.5 Å². The minimum absolute atomic E-state index is 0.0252. The number of aryl methyl sites for hydroxylation is 1. The van der Waals surface area contributed by atoms with E-state index in [1.54, 1.807) is 0 Å². The lowest BCUT2D eigenvalue weighted by Crippen LogP contribution is -2.58. The molecule has 0 bridgehead atoms. The van der Waals surface area contributed by atoms with Gasteiger partial charge in [-0.15, -0.1) is 0 Å². The number of hydrogen-bond acceptors (Lipinski definition) is 5. The Bertz CT molecular complexity index is 1390. The fraction of sp³-hybridized carbons (Fsp3) is 0.531. The summed E-state index contributed by atoms with van der Waals surface area (Å²) in [6.07, 6.45) is 8.17. The first-order chi connectivity index (χ1) is 20.5. The van der Waals surface area contributed by atoms with Crippen molar-refractivity contribution in [3.8, 4) is 0 Å². The van der Waals surface area contributed by atoms with E-state index in [1.807, 2.05) is 34.2 Å². The number of carbonyl (C=O) groups excluding carboxylic acids is 2. The second kappa shape index (κ2) is 13.0. The molecule has 6 rings (SSSR count). The molecule has 2 aromatic carbocycles. The first-order valence-electron chi connectivity index (χ1n) is 15.5. The summed E-state index contributed by atoms with van der Waals surface area (Å²) < 4.78 is 1.06. The number of hydrogen-bond donors (Lipinski definition) is 2. The van der Waals surface area contributed by atoms with Crippen LogP contribution in [0.4, 0.5) is 10.5 Å². The number of nitrogens with zero attached hydrogens (tertiary/aromatic N) is 5. The first-order valence-corrected chi connectivity index (χ1v) is 16.3. The Kier molecular flexibility index (Phi) is 9.00. The van der Waals surface area contributed by atoms with E-state index in [4.69, 9.17) is 0 Å². The predicted octanol–water partition coefficient (Wildman–Crippen LogP) is 4.55. The molecule has 2 N–H and O–H groups in total. The third-order valence-corrected chi connectivity index (χ3v) is 9.96. The molecule has 9 nitrogen and oxygen atoms in total. The maximum Gasteiger partial charge on any atom is 0.318 e. The van der Waals surface area contributed by atoms with Crippen LogP contribution in [0.1, 0.15) is 43.2 Å². The van der Waals surface area contributed by atoms with E-state index in [9.17, 15) is 9.59 Å². The number of nitrogens with one attached hydrogen (secondary N) is 2. The molecule has 0 spiro atoms. The number of carbonyl (C=O) groups is 2. The highest BCUT2D eigenvalue weighted by atomic mass is 79.9. The number of para-hydroxylation sites is 1. The Morgan fingerprint density at radius 2 is 1.71 bits per heavy atom. The van der Waals surface area contributed by atoms with Gasteiger partial charge >= 0.3 is 6.03 Å². The molecule has 1 aromatic heterocycles. The molecule has 3 aliphatic heterocycles. The summed E-state index contributed by atoms with van der Waals surface area (Å²) in [4.78, 5) is 36.4. The number of piperazine rings is 1.